The Labute approximate surface area is 186 Å². The zero-order valence-electron chi connectivity index (χ0n) is 17.9. The third-order valence-electron chi connectivity index (χ3n) is 5.95. The molecule has 3 N–H and O–H groups in total. The highest BCUT2D eigenvalue weighted by Crippen LogP contribution is 2.41. The Balaban J connectivity index is 1.49. The summed E-state index contributed by atoms with van der Waals surface area (Å²) in [7, 11) is 1.64. The minimum Gasteiger partial charge on any atom is -0.497 e. The van der Waals surface area contributed by atoms with Crippen LogP contribution in [0.2, 0.25) is 0 Å². The van der Waals surface area contributed by atoms with Gasteiger partial charge in [-0.2, -0.15) is 0 Å². The molecule has 1 aromatic heterocycles. The number of hydrogen-bond donors (Lipinski definition) is 3. The highest BCUT2D eigenvalue weighted by atomic mass is 16.6. The van der Waals surface area contributed by atoms with Gasteiger partial charge in [-0.1, -0.05) is 30.3 Å². The van der Waals surface area contributed by atoms with Gasteiger partial charge in [-0.3, -0.25) is 10.4 Å². The van der Waals surface area contributed by atoms with E-state index in [4.69, 9.17) is 9.47 Å². The second kappa shape index (κ2) is 8.31. The van der Waals surface area contributed by atoms with Gasteiger partial charge in [-0.25, -0.2) is 4.99 Å². The third kappa shape index (κ3) is 3.62. The number of methoxy groups -OCH3 is 1. The fourth-order valence-electron chi connectivity index (χ4n) is 4.21. The number of nitrogens with one attached hydrogen (secondary N) is 1. The van der Waals surface area contributed by atoms with Gasteiger partial charge in [0.25, 0.3) is 0 Å². The molecule has 1 fully saturated rings. The monoisotopic (exact) mass is 434 g/mol. The van der Waals surface area contributed by atoms with E-state index < -0.39 is 24.5 Å². The lowest BCUT2D eigenvalue weighted by Crippen LogP contribution is -2.31. The van der Waals surface area contributed by atoms with Crippen LogP contribution < -0.4 is 10.2 Å². The van der Waals surface area contributed by atoms with E-state index in [9.17, 15) is 10.2 Å². The van der Waals surface area contributed by atoms with Gasteiger partial charge in [-0.15, -0.1) is 0 Å². The van der Waals surface area contributed by atoms with E-state index in [1.54, 1.807) is 20.4 Å². The number of ether oxygens (including phenoxy) is 2. The van der Waals surface area contributed by atoms with Crippen molar-refractivity contribution >= 4 is 17.8 Å². The fraction of sp³-hybridized carbons (Fsp3) is 0.292. The molecule has 2 aliphatic rings. The standard InChI is InChI=1S/C24H26N4O4/c1-15-21(29)22(30)24(32-15)28-13-19(16-6-4-3-5-7-16)20-12-27(14-25-23(20)28)26-17-8-10-18(31-2)11-9-17/h3-11,13-15,21-22,24,26,29-30H,12H2,1-2H3/t15-,21-,22-,24-/m1/s1. The summed E-state index contributed by atoms with van der Waals surface area (Å²) in [5.41, 5.74) is 7.32. The largest absolute Gasteiger partial charge is 0.497 e. The summed E-state index contributed by atoms with van der Waals surface area (Å²) < 4.78 is 12.9. The molecule has 4 atom stereocenters. The summed E-state index contributed by atoms with van der Waals surface area (Å²) in [4.78, 5) is 4.68. The van der Waals surface area contributed by atoms with Crippen LogP contribution in [0.25, 0.3) is 11.1 Å². The summed E-state index contributed by atoms with van der Waals surface area (Å²) in [6.07, 6.45) is 0.527. The number of rotatable bonds is 5. The lowest BCUT2D eigenvalue weighted by atomic mass is 10.0. The van der Waals surface area contributed by atoms with Crippen molar-refractivity contribution in [3.63, 3.8) is 0 Å². The van der Waals surface area contributed by atoms with Crippen LogP contribution in [0.15, 0.2) is 65.8 Å². The van der Waals surface area contributed by atoms with E-state index in [2.05, 4.69) is 10.4 Å². The first kappa shape index (κ1) is 20.6. The third-order valence-corrected chi connectivity index (χ3v) is 5.95. The van der Waals surface area contributed by atoms with Gasteiger partial charge < -0.3 is 24.3 Å². The maximum absolute atomic E-state index is 10.6. The summed E-state index contributed by atoms with van der Waals surface area (Å²) in [6.45, 7) is 2.31. The molecule has 166 valence electrons. The Morgan fingerprint density at radius 3 is 2.47 bits per heavy atom. The van der Waals surface area contributed by atoms with E-state index in [0.29, 0.717) is 12.4 Å². The van der Waals surface area contributed by atoms with Crippen LogP contribution in [0.5, 0.6) is 5.75 Å². The highest BCUT2D eigenvalue weighted by molar-refractivity contribution is 5.77. The number of anilines is 1. The van der Waals surface area contributed by atoms with Gasteiger partial charge in [0.1, 0.15) is 30.1 Å². The van der Waals surface area contributed by atoms with Crippen molar-refractivity contribution in [1.82, 2.24) is 9.58 Å². The maximum atomic E-state index is 10.6. The van der Waals surface area contributed by atoms with Crippen molar-refractivity contribution in [3.8, 4) is 16.9 Å². The number of fused-ring (bicyclic) bond motifs is 1. The van der Waals surface area contributed by atoms with E-state index in [-0.39, 0.29) is 0 Å². The highest BCUT2D eigenvalue weighted by Gasteiger charge is 2.42. The Bertz CT molecular complexity index is 1110. The van der Waals surface area contributed by atoms with Crippen molar-refractivity contribution in [3.05, 3.63) is 66.4 Å². The maximum Gasteiger partial charge on any atom is 0.164 e. The molecule has 2 aromatic carbocycles. The number of hydrazine groups is 1. The molecule has 3 aromatic rings. The molecule has 0 aliphatic carbocycles. The average molecular weight is 434 g/mol. The molecule has 0 spiro atoms. The van der Waals surface area contributed by atoms with Gasteiger partial charge >= 0.3 is 0 Å². The molecule has 0 radical (unpaired) electrons. The Kier molecular flexibility index (Phi) is 5.34. The molecule has 0 unspecified atom stereocenters. The summed E-state index contributed by atoms with van der Waals surface area (Å²) in [5.74, 6) is 1.50. The molecular formula is C24H26N4O4. The van der Waals surface area contributed by atoms with Crippen molar-refractivity contribution in [2.45, 2.75) is 38.0 Å². The summed E-state index contributed by atoms with van der Waals surface area (Å²) in [6, 6.07) is 17.7. The van der Waals surface area contributed by atoms with Crippen LogP contribution in [0, 0.1) is 0 Å². The van der Waals surface area contributed by atoms with Crippen molar-refractivity contribution in [1.29, 1.82) is 0 Å². The molecule has 0 bridgehead atoms. The average Bonchev–Trinajstić information content (AvgIpc) is 3.32. The number of aromatic nitrogens is 1. The van der Waals surface area contributed by atoms with Gasteiger partial charge in [-0.05, 0) is 36.8 Å². The van der Waals surface area contributed by atoms with Crippen LogP contribution in [-0.4, -0.2) is 51.5 Å². The fourth-order valence-corrected chi connectivity index (χ4v) is 4.21. The second-order valence-electron chi connectivity index (χ2n) is 8.04. The normalized spacial score (nSPS) is 24.4. The van der Waals surface area contributed by atoms with Crippen LogP contribution in [-0.2, 0) is 11.3 Å². The van der Waals surface area contributed by atoms with Crippen LogP contribution in [0.1, 0.15) is 18.7 Å². The molecule has 0 saturated carbocycles. The molecule has 32 heavy (non-hydrogen) atoms. The van der Waals surface area contributed by atoms with Crippen molar-refractivity contribution in [2.24, 2.45) is 4.99 Å². The van der Waals surface area contributed by atoms with Crippen LogP contribution in [0.3, 0.4) is 0 Å². The zero-order chi connectivity index (χ0) is 22.2. The van der Waals surface area contributed by atoms with E-state index in [1.165, 1.54) is 0 Å². The smallest absolute Gasteiger partial charge is 0.164 e. The lowest BCUT2D eigenvalue weighted by Gasteiger charge is -2.26. The van der Waals surface area contributed by atoms with Gasteiger partial charge in [0.05, 0.1) is 25.4 Å². The van der Waals surface area contributed by atoms with E-state index >= 15 is 0 Å². The molecule has 8 nitrogen and oxygen atoms in total. The number of hydrogen-bond acceptors (Lipinski definition) is 7. The van der Waals surface area contributed by atoms with Gasteiger partial charge in [0.15, 0.2) is 6.23 Å². The number of nitrogens with zero attached hydrogens (tertiary/aromatic N) is 3. The topological polar surface area (TPSA) is 91.5 Å². The number of benzene rings is 2. The first-order valence-electron chi connectivity index (χ1n) is 10.6. The molecule has 8 heteroatoms. The summed E-state index contributed by atoms with van der Waals surface area (Å²) >= 11 is 0. The lowest BCUT2D eigenvalue weighted by molar-refractivity contribution is -0.0308. The number of aliphatic imine (C=N–C) groups is 1. The Morgan fingerprint density at radius 1 is 1.06 bits per heavy atom. The number of aliphatic hydroxyl groups is 2. The Hall–Kier alpha value is -3.33. The molecule has 2 aliphatic heterocycles. The van der Waals surface area contributed by atoms with Crippen LogP contribution in [0.4, 0.5) is 11.5 Å². The van der Waals surface area contributed by atoms with Gasteiger partial charge in [0.2, 0.25) is 0 Å². The Morgan fingerprint density at radius 2 is 1.81 bits per heavy atom. The molecule has 5 rings (SSSR count). The summed E-state index contributed by atoms with van der Waals surface area (Å²) in [5, 5.41) is 22.7. The van der Waals surface area contributed by atoms with Crippen molar-refractivity contribution in [2.75, 3.05) is 12.5 Å². The minimum atomic E-state index is -1.03. The molecule has 0 amide bonds. The number of aliphatic hydroxyl groups excluding tert-OH is 2. The predicted molar refractivity (Wildman–Crippen MR) is 122 cm³/mol. The quantitative estimate of drug-likeness (QED) is 0.571. The minimum absolute atomic E-state index is 0.464. The van der Waals surface area contributed by atoms with Gasteiger partial charge in [0, 0.05) is 17.3 Å². The van der Waals surface area contributed by atoms with Crippen LogP contribution >= 0.6 is 0 Å². The first-order valence-corrected chi connectivity index (χ1v) is 10.6. The predicted octanol–water partition coefficient (Wildman–Crippen LogP) is 3.31. The first-order chi connectivity index (χ1) is 15.5. The van der Waals surface area contributed by atoms with E-state index in [1.807, 2.05) is 70.4 Å². The van der Waals surface area contributed by atoms with Crippen molar-refractivity contribution < 1.29 is 19.7 Å². The van der Waals surface area contributed by atoms with E-state index in [0.717, 1.165) is 28.1 Å². The zero-order valence-corrected chi connectivity index (χ0v) is 17.9. The molecule has 3 heterocycles. The second-order valence-corrected chi connectivity index (χ2v) is 8.04. The SMILES string of the molecule is COc1ccc(NN2C=Nc3c(c(-c4ccccc4)cn3[C@@H]3O[C@H](C)[C@@H](O)[C@H]3O)C2)cc1. The molecular weight excluding hydrogens is 408 g/mol. The molecule has 1 saturated heterocycles.